The summed E-state index contributed by atoms with van der Waals surface area (Å²) in [6, 6.07) is 4.34. The molecule has 2 unspecified atom stereocenters. The number of carbonyl (C=O) groups is 1. The van der Waals surface area contributed by atoms with Gasteiger partial charge in [-0.3, -0.25) is 4.79 Å². The molecule has 172 valence electrons. The van der Waals surface area contributed by atoms with Crippen LogP contribution in [0.15, 0.2) is 24.4 Å². The fraction of sp³-hybridized carbons (Fsp3) is 0.409. The van der Waals surface area contributed by atoms with Gasteiger partial charge in [0.1, 0.15) is 35.2 Å². The largest absolute Gasteiger partial charge is 0.482 e. The number of nitrogens with zero attached hydrogens (tertiary/aromatic N) is 3. The maximum atomic E-state index is 14.3. The van der Waals surface area contributed by atoms with Gasteiger partial charge in [-0.05, 0) is 25.7 Å². The summed E-state index contributed by atoms with van der Waals surface area (Å²) < 4.78 is 27.7. The molecule has 6 rings (SSSR count). The molecule has 11 heteroatoms. The van der Waals surface area contributed by atoms with Gasteiger partial charge in [-0.1, -0.05) is 0 Å². The van der Waals surface area contributed by atoms with Crippen LogP contribution in [0.1, 0.15) is 36.0 Å². The number of aliphatic hydroxyl groups is 1. The van der Waals surface area contributed by atoms with Gasteiger partial charge in [0.25, 0.3) is 5.91 Å². The van der Waals surface area contributed by atoms with Crippen LogP contribution in [0.25, 0.3) is 5.65 Å². The Labute approximate surface area is 188 Å². The van der Waals surface area contributed by atoms with Gasteiger partial charge in [-0.25, -0.2) is 9.37 Å². The number of nitrogens with one attached hydrogen (secondary N) is 3. The van der Waals surface area contributed by atoms with Crippen LogP contribution < -0.4 is 25.4 Å². The summed E-state index contributed by atoms with van der Waals surface area (Å²) in [5.41, 5.74) is 0.145. The zero-order valence-corrected chi connectivity index (χ0v) is 17.9. The Hall–Kier alpha value is -3.60. The summed E-state index contributed by atoms with van der Waals surface area (Å²) in [6.45, 7) is 0.176. The SMILES string of the molecule is CNc1cc(Nc2cc(F)cc3c2OC2CCC2O3)nc2c(C(=O)NCC3(O)CC3)cnn12. The molecule has 2 saturated carbocycles. The summed E-state index contributed by atoms with van der Waals surface area (Å²) in [5.74, 6) is 0.895. The number of carbonyl (C=O) groups excluding carboxylic acids is 1. The highest BCUT2D eigenvalue weighted by molar-refractivity contribution is 6.00. The summed E-state index contributed by atoms with van der Waals surface area (Å²) in [4.78, 5) is 17.3. The van der Waals surface area contributed by atoms with E-state index in [9.17, 15) is 14.3 Å². The summed E-state index contributed by atoms with van der Waals surface area (Å²) >= 11 is 0. The van der Waals surface area contributed by atoms with E-state index in [1.807, 2.05) is 0 Å². The van der Waals surface area contributed by atoms with E-state index in [2.05, 4.69) is 26.0 Å². The van der Waals surface area contributed by atoms with Crippen molar-refractivity contribution in [2.24, 2.45) is 0 Å². The molecule has 4 N–H and O–H groups in total. The average molecular weight is 454 g/mol. The summed E-state index contributed by atoms with van der Waals surface area (Å²) in [5, 5.41) is 23.2. The maximum Gasteiger partial charge on any atom is 0.256 e. The van der Waals surface area contributed by atoms with Gasteiger partial charge in [0.15, 0.2) is 17.1 Å². The number of benzene rings is 1. The highest BCUT2D eigenvalue weighted by atomic mass is 19.1. The van der Waals surface area contributed by atoms with Crippen molar-refractivity contribution in [1.82, 2.24) is 19.9 Å². The molecule has 2 fully saturated rings. The Morgan fingerprint density at radius 3 is 2.79 bits per heavy atom. The Morgan fingerprint density at radius 2 is 2.06 bits per heavy atom. The van der Waals surface area contributed by atoms with E-state index in [-0.39, 0.29) is 30.2 Å². The van der Waals surface area contributed by atoms with Gasteiger partial charge in [-0.2, -0.15) is 9.61 Å². The first-order chi connectivity index (χ1) is 15.9. The number of halogens is 1. The number of fused-ring (bicyclic) bond motifs is 3. The standard InChI is InChI=1S/C22H23FN6O4/c1-24-18-8-17(27-13-6-11(23)7-16-19(13)33-15-3-2-14(15)32-16)28-20-12(9-26-29(18)20)21(30)25-10-22(31)4-5-22/h6-9,14-15,24,31H,2-5,10H2,1H3,(H,25,30)(H,27,28). The third-order valence-electron chi connectivity index (χ3n) is 6.36. The quantitative estimate of drug-likeness (QED) is 0.447. The third kappa shape index (κ3) is 3.48. The maximum absolute atomic E-state index is 14.3. The average Bonchev–Trinajstić information content (AvgIpc) is 3.36. The van der Waals surface area contributed by atoms with Crippen molar-refractivity contribution in [3.63, 3.8) is 0 Å². The molecule has 2 atom stereocenters. The predicted octanol–water partition coefficient (Wildman–Crippen LogP) is 2.21. The van der Waals surface area contributed by atoms with Crippen LogP contribution in [0.5, 0.6) is 11.5 Å². The molecule has 0 bridgehead atoms. The van der Waals surface area contributed by atoms with E-state index < -0.39 is 11.4 Å². The normalized spacial score (nSPS) is 21.7. The molecule has 1 amide bonds. The molecule has 1 aromatic carbocycles. The molecule has 33 heavy (non-hydrogen) atoms. The Morgan fingerprint density at radius 1 is 1.27 bits per heavy atom. The molecule has 0 saturated heterocycles. The number of hydrogen-bond donors (Lipinski definition) is 4. The number of amides is 1. The number of ether oxygens (including phenoxy) is 2. The van der Waals surface area contributed by atoms with Crippen LogP contribution in [-0.2, 0) is 0 Å². The molecular weight excluding hydrogens is 431 g/mol. The van der Waals surface area contributed by atoms with E-state index in [0.29, 0.717) is 47.3 Å². The number of anilines is 3. The molecule has 3 aromatic rings. The first-order valence-corrected chi connectivity index (χ1v) is 10.9. The Kier molecular flexibility index (Phi) is 4.37. The minimum absolute atomic E-state index is 0.0425. The number of hydrogen-bond acceptors (Lipinski definition) is 8. The molecule has 2 aliphatic carbocycles. The van der Waals surface area contributed by atoms with E-state index in [1.165, 1.54) is 22.8 Å². The van der Waals surface area contributed by atoms with Gasteiger partial charge in [-0.15, -0.1) is 0 Å². The predicted molar refractivity (Wildman–Crippen MR) is 117 cm³/mol. The molecule has 2 aromatic heterocycles. The van der Waals surface area contributed by atoms with Crippen LogP contribution >= 0.6 is 0 Å². The Balaban J connectivity index is 1.34. The van der Waals surface area contributed by atoms with Crippen LogP contribution in [0, 0.1) is 5.82 Å². The van der Waals surface area contributed by atoms with E-state index in [0.717, 1.165) is 12.8 Å². The molecule has 0 spiro atoms. The highest BCUT2D eigenvalue weighted by Crippen LogP contribution is 2.46. The van der Waals surface area contributed by atoms with Crippen molar-refractivity contribution in [2.75, 3.05) is 24.2 Å². The van der Waals surface area contributed by atoms with Crippen molar-refractivity contribution in [2.45, 2.75) is 43.5 Å². The first kappa shape index (κ1) is 20.0. The number of rotatable bonds is 6. The minimum Gasteiger partial charge on any atom is -0.482 e. The highest BCUT2D eigenvalue weighted by Gasteiger charge is 2.41. The third-order valence-corrected chi connectivity index (χ3v) is 6.36. The van der Waals surface area contributed by atoms with E-state index >= 15 is 0 Å². The van der Waals surface area contributed by atoms with Gasteiger partial charge in [0.05, 0.1) is 17.5 Å². The zero-order valence-electron chi connectivity index (χ0n) is 17.9. The fourth-order valence-corrected chi connectivity index (χ4v) is 4.06. The zero-order chi connectivity index (χ0) is 22.7. The summed E-state index contributed by atoms with van der Waals surface area (Å²) in [7, 11) is 1.72. The molecule has 3 aliphatic rings. The van der Waals surface area contributed by atoms with Gasteiger partial charge in [0, 0.05) is 31.8 Å². The van der Waals surface area contributed by atoms with Crippen molar-refractivity contribution < 1.29 is 23.8 Å². The van der Waals surface area contributed by atoms with Crippen LogP contribution in [-0.4, -0.2) is 57.0 Å². The van der Waals surface area contributed by atoms with Gasteiger partial charge in [0.2, 0.25) is 0 Å². The van der Waals surface area contributed by atoms with E-state index in [4.69, 9.17) is 9.47 Å². The van der Waals surface area contributed by atoms with Crippen LogP contribution in [0.3, 0.4) is 0 Å². The molecule has 10 nitrogen and oxygen atoms in total. The van der Waals surface area contributed by atoms with Crippen molar-refractivity contribution >= 4 is 28.9 Å². The first-order valence-electron chi connectivity index (χ1n) is 10.9. The van der Waals surface area contributed by atoms with Gasteiger partial charge < -0.3 is 30.5 Å². The fourth-order valence-electron chi connectivity index (χ4n) is 4.06. The van der Waals surface area contributed by atoms with Crippen LogP contribution in [0.4, 0.5) is 21.7 Å². The molecule has 1 aliphatic heterocycles. The second-order valence-electron chi connectivity index (χ2n) is 8.77. The summed E-state index contributed by atoms with van der Waals surface area (Å²) in [6.07, 6.45) is 4.46. The van der Waals surface area contributed by atoms with Crippen molar-refractivity contribution in [3.05, 3.63) is 35.8 Å². The second kappa shape index (κ2) is 7.20. The lowest BCUT2D eigenvalue weighted by molar-refractivity contribution is -0.0464. The Bertz CT molecular complexity index is 1270. The monoisotopic (exact) mass is 454 g/mol. The topological polar surface area (TPSA) is 122 Å². The lowest BCUT2D eigenvalue weighted by Crippen LogP contribution is -2.48. The second-order valence-corrected chi connectivity index (χ2v) is 8.77. The lowest BCUT2D eigenvalue weighted by Gasteiger charge is -2.41. The van der Waals surface area contributed by atoms with Crippen molar-refractivity contribution in [3.8, 4) is 11.5 Å². The molecule has 0 radical (unpaired) electrons. The minimum atomic E-state index is -0.813. The lowest BCUT2D eigenvalue weighted by atomic mass is 9.90. The molecular formula is C22H23FN6O4. The number of aromatic nitrogens is 3. The molecule has 3 heterocycles. The van der Waals surface area contributed by atoms with E-state index in [1.54, 1.807) is 13.1 Å². The smallest absolute Gasteiger partial charge is 0.256 e. The van der Waals surface area contributed by atoms with Gasteiger partial charge >= 0.3 is 0 Å². The van der Waals surface area contributed by atoms with Crippen LogP contribution in [0.2, 0.25) is 0 Å². The van der Waals surface area contributed by atoms with Crippen molar-refractivity contribution in [1.29, 1.82) is 0 Å².